The summed E-state index contributed by atoms with van der Waals surface area (Å²) in [5.74, 6) is 0. The predicted molar refractivity (Wildman–Crippen MR) is 87.8 cm³/mol. The molecule has 1 heterocycles. The van der Waals surface area contributed by atoms with Crippen LogP contribution in [-0.4, -0.2) is 9.91 Å². The molecule has 0 unspecified atom stereocenters. The van der Waals surface area contributed by atoms with E-state index in [9.17, 15) is 10.1 Å². The van der Waals surface area contributed by atoms with Crippen LogP contribution in [0.5, 0.6) is 0 Å². The number of hydrogen-bond donors (Lipinski definition) is 1. The van der Waals surface area contributed by atoms with Crippen LogP contribution >= 0.6 is 47.8 Å². The first-order chi connectivity index (χ1) is 9.47. The number of nitrogens with one attached hydrogen (secondary N) is 1. The molecule has 20 heavy (non-hydrogen) atoms. The van der Waals surface area contributed by atoms with Crippen molar-refractivity contribution in [3.05, 3.63) is 59.7 Å². The van der Waals surface area contributed by atoms with Crippen molar-refractivity contribution in [3.63, 3.8) is 0 Å². The van der Waals surface area contributed by atoms with E-state index in [0.717, 1.165) is 14.6 Å². The smallest absolute Gasteiger partial charge is 0.293 e. The van der Waals surface area contributed by atoms with Crippen LogP contribution in [0.3, 0.4) is 0 Å². The number of rotatable bonds is 4. The van der Waals surface area contributed by atoms with Gasteiger partial charge in [0.05, 0.1) is 17.2 Å². The quantitative estimate of drug-likeness (QED) is 0.515. The minimum absolute atomic E-state index is 0.0209. The standard InChI is InChI=1S/C12H8Br3N3O2/c13-7-1-2-10(12(4-7)18(19)20)17-6-11-9(15)3-8(14)5-16-11/h1-5,17H,6H2. The molecule has 0 aliphatic carbocycles. The molecule has 0 saturated carbocycles. The molecule has 0 radical (unpaired) electrons. The Morgan fingerprint density at radius 2 is 1.95 bits per heavy atom. The number of aromatic nitrogens is 1. The molecule has 0 aliphatic rings. The van der Waals surface area contributed by atoms with Crippen LogP contribution in [0.1, 0.15) is 5.69 Å². The largest absolute Gasteiger partial charge is 0.374 e. The number of halogens is 3. The fourth-order valence-corrected chi connectivity index (χ4v) is 3.03. The second kappa shape index (κ2) is 6.64. The van der Waals surface area contributed by atoms with Crippen LogP contribution in [0.4, 0.5) is 11.4 Å². The third-order valence-electron chi connectivity index (χ3n) is 2.49. The average Bonchev–Trinajstić information content (AvgIpc) is 2.38. The minimum Gasteiger partial charge on any atom is -0.374 e. The first kappa shape index (κ1) is 15.4. The summed E-state index contributed by atoms with van der Waals surface area (Å²) >= 11 is 9.95. The number of hydrogen-bond acceptors (Lipinski definition) is 4. The highest BCUT2D eigenvalue weighted by Gasteiger charge is 2.14. The number of nitrogens with zero attached hydrogens (tertiary/aromatic N) is 2. The van der Waals surface area contributed by atoms with Gasteiger partial charge in [-0.1, -0.05) is 15.9 Å². The Morgan fingerprint density at radius 1 is 1.20 bits per heavy atom. The van der Waals surface area contributed by atoms with E-state index in [1.54, 1.807) is 18.3 Å². The Balaban J connectivity index is 2.20. The summed E-state index contributed by atoms with van der Waals surface area (Å²) < 4.78 is 2.36. The molecular formula is C12H8Br3N3O2. The highest BCUT2D eigenvalue weighted by atomic mass is 79.9. The van der Waals surface area contributed by atoms with E-state index < -0.39 is 4.92 Å². The molecule has 8 heteroatoms. The van der Waals surface area contributed by atoms with Crippen molar-refractivity contribution in [1.29, 1.82) is 0 Å². The molecular weight excluding hydrogens is 458 g/mol. The molecule has 0 atom stereocenters. The van der Waals surface area contributed by atoms with E-state index in [1.807, 2.05) is 6.07 Å². The molecule has 2 aromatic rings. The van der Waals surface area contributed by atoms with Gasteiger partial charge < -0.3 is 5.32 Å². The van der Waals surface area contributed by atoms with E-state index >= 15 is 0 Å². The third kappa shape index (κ3) is 3.77. The SMILES string of the molecule is O=[N+]([O-])c1cc(Br)ccc1NCc1ncc(Br)cc1Br. The van der Waals surface area contributed by atoms with E-state index in [0.29, 0.717) is 16.7 Å². The second-order valence-corrected chi connectivity index (χ2v) is 6.54. The van der Waals surface area contributed by atoms with Crippen molar-refractivity contribution in [2.24, 2.45) is 0 Å². The Kier molecular flexibility index (Phi) is 5.11. The van der Waals surface area contributed by atoms with E-state index in [2.05, 4.69) is 58.1 Å². The summed E-state index contributed by atoms with van der Waals surface area (Å²) in [5.41, 5.74) is 1.24. The van der Waals surface area contributed by atoms with E-state index in [1.165, 1.54) is 6.07 Å². The molecule has 1 aromatic heterocycles. The molecule has 5 nitrogen and oxygen atoms in total. The zero-order valence-corrected chi connectivity index (χ0v) is 14.7. The van der Waals surface area contributed by atoms with Gasteiger partial charge in [0.1, 0.15) is 5.69 Å². The van der Waals surface area contributed by atoms with Crippen molar-refractivity contribution in [2.45, 2.75) is 6.54 Å². The van der Waals surface area contributed by atoms with Gasteiger partial charge in [-0.05, 0) is 50.1 Å². The summed E-state index contributed by atoms with van der Waals surface area (Å²) in [5, 5.41) is 14.0. The molecule has 0 aliphatic heterocycles. The van der Waals surface area contributed by atoms with Crippen LogP contribution in [-0.2, 0) is 6.54 Å². The monoisotopic (exact) mass is 463 g/mol. The molecule has 0 amide bonds. The maximum atomic E-state index is 11.0. The molecule has 104 valence electrons. The topological polar surface area (TPSA) is 68.1 Å². The fourth-order valence-electron chi connectivity index (χ4n) is 1.56. The Morgan fingerprint density at radius 3 is 2.60 bits per heavy atom. The van der Waals surface area contributed by atoms with Crippen molar-refractivity contribution >= 4 is 59.2 Å². The lowest BCUT2D eigenvalue weighted by molar-refractivity contribution is -0.384. The van der Waals surface area contributed by atoms with Gasteiger partial charge in [0.25, 0.3) is 5.69 Å². The van der Waals surface area contributed by atoms with Gasteiger partial charge in [-0.3, -0.25) is 15.1 Å². The zero-order chi connectivity index (χ0) is 14.7. The van der Waals surface area contributed by atoms with Crippen molar-refractivity contribution < 1.29 is 4.92 Å². The predicted octanol–water partition coefficient (Wildman–Crippen LogP) is 4.89. The van der Waals surface area contributed by atoms with E-state index in [-0.39, 0.29) is 5.69 Å². The van der Waals surface area contributed by atoms with E-state index in [4.69, 9.17) is 0 Å². The van der Waals surface area contributed by atoms with Gasteiger partial charge in [-0.25, -0.2) is 0 Å². The molecule has 0 bridgehead atoms. The van der Waals surface area contributed by atoms with Gasteiger partial charge in [0.15, 0.2) is 0 Å². The maximum Gasteiger partial charge on any atom is 0.293 e. The molecule has 1 N–H and O–H groups in total. The number of anilines is 1. The molecule has 1 aromatic carbocycles. The van der Waals surface area contributed by atoms with Crippen LogP contribution in [0.2, 0.25) is 0 Å². The minimum atomic E-state index is -0.419. The van der Waals surface area contributed by atoms with Crippen LogP contribution in [0.25, 0.3) is 0 Å². The van der Waals surface area contributed by atoms with Gasteiger partial charge in [0, 0.05) is 25.7 Å². The molecule has 2 rings (SSSR count). The molecule has 0 fully saturated rings. The summed E-state index contributed by atoms with van der Waals surface area (Å²) in [7, 11) is 0. The van der Waals surface area contributed by atoms with Gasteiger partial charge in [0.2, 0.25) is 0 Å². The number of benzene rings is 1. The van der Waals surface area contributed by atoms with Gasteiger partial charge in [-0.15, -0.1) is 0 Å². The highest BCUT2D eigenvalue weighted by Crippen LogP contribution is 2.29. The van der Waals surface area contributed by atoms with Crippen LogP contribution in [0.15, 0.2) is 43.9 Å². The Hall–Kier alpha value is -0.990. The lowest BCUT2D eigenvalue weighted by atomic mass is 10.2. The van der Waals surface area contributed by atoms with Gasteiger partial charge in [-0.2, -0.15) is 0 Å². The number of nitro benzene ring substituents is 1. The lowest BCUT2D eigenvalue weighted by Crippen LogP contribution is -2.04. The van der Waals surface area contributed by atoms with Crippen LogP contribution in [0, 0.1) is 10.1 Å². The summed E-state index contributed by atoms with van der Waals surface area (Å²) in [6.45, 7) is 0.385. The lowest BCUT2D eigenvalue weighted by Gasteiger charge is -2.08. The normalized spacial score (nSPS) is 10.3. The van der Waals surface area contributed by atoms with Crippen molar-refractivity contribution in [3.8, 4) is 0 Å². The first-order valence-electron chi connectivity index (χ1n) is 5.45. The molecule has 0 saturated heterocycles. The van der Waals surface area contributed by atoms with Gasteiger partial charge >= 0.3 is 0 Å². The number of pyridine rings is 1. The highest BCUT2D eigenvalue weighted by molar-refractivity contribution is 9.11. The summed E-state index contributed by atoms with van der Waals surface area (Å²) in [6.07, 6.45) is 1.68. The Labute approximate surface area is 140 Å². The van der Waals surface area contributed by atoms with Crippen molar-refractivity contribution in [1.82, 2.24) is 4.98 Å². The second-order valence-electron chi connectivity index (χ2n) is 3.85. The average molecular weight is 466 g/mol. The Bertz CT molecular complexity index is 664. The first-order valence-corrected chi connectivity index (χ1v) is 7.83. The third-order valence-corrected chi connectivity index (χ3v) is 4.10. The molecule has 0 spiro atoms. The maximum absolute atomic E-state index is 11.0. The fraction of sp³-hybridized carbons (Fsp3) is 0.0833. The van der Waals surface area contributed by atoms with Crippen molar-refractivity contribution in [2.75, 3.05) is 5.32 Å². The summed E-state index contributed by atoms with van der Waals surface area (Å²) in [6, 6.07) is 6.75. The van der Waals surface area contributed by atoms with Crippen LogP contribution < -0.4 is 5.32 Å². The zero-order valence-electron chi connectivity index (χ0n) is 9.94. The number of nitro groups is 1. The summed E-state index contributed by atoms with van der Waals surface area (Å²) in [4.78, 5) is 14.8.